The number of hydrogen-bond acceptors (Lipinski definition) is 9. The van der Waals surface area contributed by atoms with Crippen LogP contribution in [0.5, 0.6) is 28.7 Å². The van der Waals surface area contributed by atoms with Crippen LogP contribution < -0.4 is 23.7 Å². The summed E-state index contributed by atoms with van der Waals surface area (Å²) >= 11 is 0. The number of benzene rings is 2. The van der Waals surface area contributed by atoms with E-state index in [1.807, 2.05) is 0 Å². The third-order valence-corrected chi connectivity index (χ3v) is 6.00. The number of aromatic nitrogens is 1. The first-order valence-electron chi connectivity index (χ1n) is 12.6. The minimum absolute atomic E-state index is 0.111. The van der Waals surface area contributed by atoms with Crippen molar-refractivity contribution in [3.63, 3.8) is 0 Å². The summed E-state index contributed by atoms with van der Waals surface area (Å²) in [6.45, 7) is -2.68. The minimum Gasteiger partial charge on any atom is -0.493 e. The van der Waals surface area contributed by atoms with Crippen molar-refractivity contribution >= 4 is 11.9 Å². The fraction of sp³-hybridized carbons (Fsp3) is 0.345. The molecule has 11 heteroatoms. The molecule has 1 heterocycles. The smallest absolute Gasteiger partial charge is 0.387 e. The Bertz CT molecular complexity index is 1300. The number of nitrogens with zero attached hydrogens (tertiary/aromatic N) is 1. The van der Waals surface area contributed by atoms with E-state index in [9.17, 15) is 18.4 Å². The maximum absolute atomic E-state index is 13.0. The van der Waals surface area contributed by atoms with Crippen molar-refractivity contribution in [1.82, 2.24) is 4.98 Å². The number of rotatable bonds is 14. The molecule has 0 spiro atoms. The van der Waals surface area contributed by atoms with Crippen LogP contribution in [0.15, 0.2) is 60.8 Å². The van der Waals surface area contributed by atoms with E-state index in [0.717, 1.165) is 12.8 Å². The van der Waals surface area contributed by atoms with Gasteiger partial charge < -0.3 is 28.4 Å². The molecule has 1 aromatic heterocycles. The van der Waals surface area contributed by atoms with Gasteiger partial charge in [0, 0.05) is 24.4 Å². The topological polar surface area (TPSA) is 102 Å². The molecule has 0 amide bonds. The Morgan fingerprint density at radius 1 is 0.925 bits per heavy atom. The summed E-state index contributed by atoms with van der Waals surface area (Å²) in [6, 6.07) is 14.2. The van der Waals surface area contributed by atoms with Crippen molar-refractivity contribution in [2.24, 2.45) is 5.92 Å². The zero-order valence-corrected chi connectivity index (χ0v) is 22.0. The predicted octanol–water partition coefficient (Wildman–Crippen LogP) is 5.31. The van der Waals surface area contributed by atoms with Crippen molar-refractivity contribution in [2.45, 2.75) is 38.4 Å². The first kappa shape index (κ1) is 28.6. The third kappa shape index (κ3) is 8.29. The van der Waals surface area contributed by atoms with Crippen molar-refractivity contribution in [3.05, 3.63) is 72.1 Å². The van der Waals surface area contributed by atoms with E-state index in [-0.39, 0.29) is 23.7 Å². The second-order valence-electron chi connectivity index (χ2n) is 9.01. The maximum Gasteiger partial charge on any atom is 0.387 e. The third-order valence-electron chi connectivity index (χ3n) is 6.00. The second-order valence-corrected chi connectivity index (χ2v) is 9.01. The van der Waals surface area contributed by atoms with E-state index in [4.69, 9.17) is 23.7 Å². The van der Waals surface area contributed by atoms with Gasteiger partial charge in [0.2, 0.25) is 0 Å². The van der Waals surface area contributed by atoms with Crippen LogP contribution in [0.25, 0.3) is 0 Å². The van der Waals surface area contributed by atoms with Crippen LogP contribution in [0, 0.1) is 5.92 Å². The second kappa shape index (κ2) is 13.6. The summed E-state index contributed by atoms with van der Waals surface area (Å²) in [5, 5.41) is 0. The quantitative estimate of drug-likeness (QED) is 0.148. The fourth-order valence-corrected chi connectivity index (χ4v) is 3.83. The van der Waals surface area contributed by atoms with E-state index in [1.54, 1.807) is 30.5 Å². The van der Waals surface area contributed by atoms with Crippen LogP contribution in [0.4, 0.5) is 8.78 Å². The molecule has 1 aliphatic carbocycles. The Balaban J connectivity index is 1.49. The summed E-state index contributed by atoms with van der Waals surface area (Å²) in [5.74, 6) is -0.383. The molecule has 3 aromatic rings. The molecule has 1 saturated carbocycles. The first-order chi connectivity index (χ1) is 19.3. The molecule has 4 rings (SSSR count). The number of esters is 2. The minimum atomic E-state index is -3.03. The molecule has 1 aliphatic rings. The van der Waals surface area contributed by atoms with Gasteiger partial charge in [-0.2, -0.15) is 8.78 Å². The molecule has 0 bridgehead atoms. The lowest BCUT2D eigenvalue weighted by Gasteiger charge is -2.20. The molecular weight excluding hydrogens is 528 g/mol. The van der Waals surface area contributed by atoms with Crippen molar-refractivity contribution < 1.29 is 46.8 Å². The average molecular weight is 558 g/mol. The number of carbonyl (C=O) groups excluding carboxylic acids is 2. The normalized spacial score (nSPS) is 13.3. The molecule has 1 atom stereocenters. The zero-order chi connectivity index (χ0) is 28.5. The van der Waals surface area contributed by atoms with Gasteiger partial charge in [-0.05, 0) is 60.7 Å². The number of carbonyl (C=O) groups is 2. The van der Waals surface area contributed by atoms with Crippen LogP contribution in [0.2, 0.25) is 0 Å². The van der Waals surface area contributed by atoms with Crippen LogP contribution in [0.3, 0.4) is 0 Å². The van der Waals surface area contributed by atoms with Gasteiger partial charge in [0.25, 0.3) is 0 Å². The first-order valence-corrected chi connectivity index (χ1v) is 12.6. The highest BCUT2D eigenvalue weighted by Crippen LogP contribution is 2.37. The maximum atomic E-state index is 13.0. The molecule has 1 unspecified atom stereocenters. The summed E-state index contributed by atoms with van der Waals surface area (Å²) in [6.07, 6.45) is 2.19. The van der Waals surface area contributed by atoms with E-state index < -0.39 is 31.1 Å². The largest absolute Gasteiger partial charge is 0.493 e. The Kier molecular flexibility index (Phi) is 9.71. The summed E-state index contributed by atoms with van der Waals surface area (Å²) in [4.78, 5) is 29.6. The molecule has 9 nitrogen and oxygen atoms in total. The number of halogens is 2. The molecule has 2 aromatic carbocycles. The molecule has 212 valence electrons. The van der Waals surface area contributed by atoms with E-state index >= 15 is 0 Å². The summed E-state index contributed by atoms with van der Waals surface area (Å²) in [5.41, 5.74) is 1.07. The molecule has 0 aliphatic heterocycles. The van der Waals surface area contributed by atoms with Gasteiger partial charge in [0.1, 0.15) is 18.3 Å². The Morgan fingerprint density at radius 2 is 1.70 bits per heavy atom. The lowest BCUT2D eigenvalue weighted by molar-refractivity contribution is -0.154. The highest BCUT2D eigenvalue weighted by atomic mass is 19.3. The number of methoxy groups -OCH3 is 2. The summed E-state index contributed by atoms with van der Waals surface area (Å²) < 4.78 is 57.6. The van der Waals surface area contributed by atoms with Gasteiger partial charge in [-0.15, -0.1) is 0 Å². The van der Waals surface area contributed by atoms with Crippen LogP contribution in [0.1, 0.15) is 36.6 Å². The molecule has 0 saturated heterocycles. The predicted molar refractivity (Wildman–Crippen MR) is 138 cm³/mol. The van der Waals surface area contributed by atoms with Gasteiger partial charge >= 0.3 is 18.6 Å². The van der Waals surface area contributed by atoms with Gasteiger partial charge in [0.05, 0.1) is 20.8 Å². The summed E-state index contributed by atoms with van der Waals surface area (Å²) in [7, 11) is 2.92. The van der Waals surface area contributed by atoms with Gasteiger partial charge in [0.15, 0.2) is 23.0 Å². The number of alkyl halides is 2. The highest BCUT2D eigenvalue weighted by Gasteiger charge is 2.26. The van der Waals surface area contributed by atoms with Crippen LogP contribution in [-0.4, -0.2) is 44.4 Å². The van der Waals surface area contributed by atoms with Crippen molar-refractivity contribution in [2.75, 3.05) is 20.8 Å². The number of pyridine rings is 1. The molecule has 0 radical (unpaired) electrons. The lowest BCUT2D eigenvalue weighted by atomic mass is 10.0. The SMILES string of the molecule is COc1ccc(OC(=O)CC(=O)OC(Cc2ccccn2)c2ccc(OC(F)F)c(OCC3CC3)c2)cc1OC. The Labute approximate surface area is 229 Å². The number of hydrogen-bond donors (Lipinski definition) is 0. The molecule has 0 N–H and O–H groups in total. The van der Waals surface area contributed by atoms with Crippen molar-refractivity contribution in [3.8, 4) is 28.7 Å². The van der Waals surface area contributed by atoms with Gasteiger partial charge in [-0.3, -0.25) is 14.6 Å². The Hall–Kier alpha value is -4.41. The molecule has 1 fully saturated rings. The van der Waals surface area contributed by atoms with Gasteiger partial charge in [-0.1, -0.05) is 12.1 Å². The number of ether oxygens (including phenoxy) is 6. The van der Waals surface area contributed by atoms with Gasteiger partial charge in [-0.25, -0.2) is 0 Å². The lowest BCUT2D eigenvalue weighted by Crippen LogP contribution is -2.20. The molecule has 40 heavy (non-hydrogen) atoms. The average Bonchev–Trinajstić information content (AvgIpc) is 3.77. The zero-order valence-electron chi connectivity index (χ0n) is 22.0. The Morgan fingerprint density at radius 3 is 2.38 bits per heavy atom. The van der Waals surface area contributed by atoms with Crippen LogP contribution in [-0.2, 0) is 20.7 Å². The monoisotopic (exact) mass is 557 g/mol. The van der Waals surface area contributed by atoms with E-state index in [2.05, 4.69) is 9.72 Å². The fourth-order valence-electron chi connectivity index (χ4n) is 3.83. The standard InChI is InChI=1S/C29H29F2NO8/c1-35-22-11-9-21(15-25(22)36-2)38-27(33)16-28(34)39-24(14-20-5-3-4-12-32-20)19-8-10-23(40-29(30)31)26(13-19)37-17-18-6-7-18/h3-5,8-13,15,18,24,29H,6-7,14,16-17H2,1-2H3. The molecular formula is C29H29F2NO8. The van der Waals surface area contributed by atoms with E-state index in [0.29, 0.717) is 35.3 Å². The van der Waals surface area contributed by atoms with E-state index in [1.165, 1.54) is 44.6 Å². The highest BCUT2D eigenvalue weighted by molar-refractivity contribution is 5.92. The van der Waals surface area contributed by atoms with Crippen molar-refractivity contribution in [1.29, 1.82) is 0 Å². The van der Waals surface area contributed by atoms with Crippen LogP contribution >= 0.6 is 0 Å².